The molecule has 0 bridgehead atoms. The molecule has 2 aromatic heterocycles. The summed E-state index contributed by atoms with van der Waals surface area (Å²) in [5.74, 6) is 0.126. The third-order valence-electron chi connectivity index (χ3n) is 4.56. The van der Waals surface area contributed by atoms with Gasteiger partial charge in [-0.05, 0) is 37.1 Å². The molecule has 10 heteroatoms. The van der Waals surface area contributed by atoms with Crippen molar-refractivity contribution in [3.8, 4) is 0 Å². The number of halogens is 3. The number of hydrogen-bond donors (Lipinski definition) is 4. The number of alkyl halides is 3. The van der Waals surface area contributed by atoms with E-state index in [0.29, 0.717) is 24.3 Å². The molecule has 1 aromatic carbocycles. The Labute approximate surface area is 157 Å². The monoisotopic (exact) mass is 390 g/mol. The van der Waals surface area contributed by atoms with Gasteiger partial charge in [0.05, 0.1) is 10.9 Å². The van der Waals surface area contributed by atoms with E-state index < -0.39 is 11.7 Å². The Morgan fingerprint density at radius 1 is 1.25 bits per heavy atom. The molecule has 4 N–H and O–H groups in total. The van der Waals surface area contributed by atoms with E-state index in [1.165, 1.54) is 0 Å². The number of amides is 1. The Morgan fingerprint density at radius 3 is 2.75 bits per heavy atom. The number of aromatic amines is 1. The van der Waals surface area contributed by atoms with E-state index in [0.717, 1.165) is 17.3 Å². The fourth-order valence-electron chi connectivity index (χ4n) is 3.24. The molecule has 0 radical (unpaired) electrons. The molecule has 1 aliphatic rings. The van der Waals surface area contributed by atoms with Gasteiger partial charge in [0.1, 0.15) is 11.5 Å². The molecule has 1 amide bonds. The maximum absolute atomic E-state index is 13.3. The zero-order chi connectivity index (χ0) is 20.1. The van der Waals surface area contributed by atoms with Crippen LogP contribution in [-0.4, -0.2) is 27.4 Å². The van der Waals surface area contributed by atoms with E-state index in [1.54, 1.807) is 13.0 Å². The fraction of sp³-hybridized carbons (Fsp3) is 0.278. The lowest BCUT2D eigenvalue weighted by molar-refractivity contribution is -0.136. The molecule has 4 rings (SSSR count). The SMILES string of the molecule is CCNc1nc(Nc2cc3c(cc2C)C(=O)NC3)nc2[nH]cc(C(F)(F)F)c12. The summed E-state index contributed by atoms with van der Waals surface area (Å²) in [6, 6.07) is 3.58. The number of fused-ring (bicyclic) bond motifs is 2. The molecule has 146 valence electrons. The minimum atomic E-state index is -4.52. The largest absolute Gasteiger partial charge is 0.418 e. The molecule has 7 nitrogen and oxygen atoms in total. The van der Waals surface area contributed by atoms with Gasteiger partial charge in [-0.1, -0.05) is 0 Å². The molecular weight excluding hydrogens is 373 g/mol. The first kappa shape index (κ1) is 18.1. The number of nitrogens with one attached hydrogen (secondary N) is 4. The predicted octanol–water partition coefficient (Wildman–Crippen LogP) is 3.70. The molecule has 0 unspecified atom stereocenters. The van der Waals surface area contributed by atoms with Crippen LogP contribution in [0.1, 0.15) is 34.0 Å². The molecule has 0 atom stereocenters. The highest BCUT2D eigenvalue weighted by molar-refractivity contribution is 5.99. The molecule has 0 aliphatic carbocycles. The molecule has 0 saturated carbocycles. The molecule has 3 aromatic rings. The number of carbonyl (C=O) groups excluding carboxylic acids is 1. The van der Waals surface area contributed by atoms with Gasteiger partial charge in [-0.2, -0.15) is 23.1 Å². The lowest BCUT2D eigenvalue weighted by atomic mass is 10.0. The number of aryl methyl sites for hydroxylation is 1. The van der Waals surface area contributed by atoms with E-state index >= 15 is 0 Å². The van der Waals surface area contributed by atoms with Crippen LogP contribution in [0, 0.1) is 6.92 Å². The normalized spacial score (nSPS) is 13.5. The maximum Gasteiger partial charge on any atom is 0.418 e. The number of aromatic nitrogens is 3. The Bertz CT molecular complexity index is 1090. The fourth-order valence-corrected chi connectivity index (χ4v) is 3.24. The van der Waals surface area contributed by atoms with Crippen LogP contribution in [0.4, 0.5) is 30.6 Å². The van der Waals surface area contributed by atoms with Gasteiger partial charge in [-0.3, -0.25) is 4.79 Å². The highest BCUT2D eigenvalue weighted by atomic mass is 19.4. The van der Waals surface area contributed by atoms with Gasteiger partial charge >= 0.3 is 6.18 Å². The smallest absolute Gasteiger partial charge is 0.370 e. The van der Waals surface area contributed by atoms with Crippen molar-refractivity contribution in [3.63, 3.8) is 0 Å². The number of benzene rings is 1. The third-order valence-corrected chi connectivity index (χ3v) is 4.56. The summed E-state index contributed by atoms with van der Waals surface area (Å²) in [5, 5.41) is 8.58. The first-order chi connectivity index (χ1) is 13.3. The summed E-state index contributed by atoms with van der Waals surface area (Å²) in [6.07, 6.45) is -3.63. The number of rotatable bonds is 4. The first-order valence-corrected chi connectivity index (χ1v) is 8.67. The van der Waals surface area contributed by atoms with Gasteiger partial charge in [-0.15, -0.1) is 0 Å². The second-order valence-electron chi connectivity index (χ2n) is 6.48. The van der Waals surface area contributed by atoms with Crippen molar-refractivity contribution >= 4 is 34.4 Å². The number of anilines is 3. The van der Waals surface area contributed by atoms with Gasteiger partial charge in [-0.25, -0.2) is 0 Å². The van der Waals surface area contributed by atoms with E-state index in [2.05, 4.69) is 30.9 Å². The molecular formula is C18H17F3N6O. The number of carbonyl (C=O) groups is 1. The maximum atomic E-state index is 13.3. The van der Waals surface area contributed by atoms with Crippen molar-refractivity contribution in [2.24, 2.45) is 0 Å². The molecule has 0 fully saturated rings. The van der Waals surface area contributed by atoms with Crippen molar-refractivity contribution in [2.75, 3.05) is 17.2 Å². The Balaban J connectivity index is 1.77. The number of hydrogen-bond acceptors (Lipinski definition) is 5. The van der Waals surface area contributed by atoms with E-state index in [4.69, 9.17) is 0 Å². The summed E-state index contributed by atoms with van der Waals surface area (Å²) in [5.41, 5.74) is 2.20. The van der Waals surface area contributed by atoms with E-state index in [9.17, 15) is 18.0 Å². The summed E-state index contributed by atoms with van der Waals surface area (Å²) in [6.45, 7) is 4.43. The third kappa shape index (κ3) is 3.00. The lowest BCUT2D eigenvalue weighted by Gasteiger charge is -2.13. The standard InChI is InChI=1S/C18H17F3N6O/c1-3-22-14-13-11(18(19,20)21)7-23-15(13)27-17(26-14)25-12-5-9-6-24-16(28)10(9)4-8(12)2/h4-5,7H,3,6H2,1-2H3,(H,24,28)(H3,22,23,25,26,27). The zero-order valence-electron chi connectivity index (χ0n) is 15.1. The van der Waals surface area contributed by atoms with Crippen LogP contribution in [-0.2, 0) is 12.7 Å². The highest BCUT2D eigenvalue weighted by Crippen LogP contribution is 2.38. The Hall–Kier alpha value is -3.30. The van der Waals surface area contributed by atoms with Gasteiger partial charge in [0.15, 0.2) is 0 Å². The van der Waals surface area contributed by atoms with E-state index in [-0.39, 0.29) is 28.7 Å². The van der Waals surface area contributed by atoms with Crippen LogP contribution in [0.25, 0.3) is 11.0 Å². The van der Waals surface area contributed by atoms with Crippen LogP contribution in [0.3, 0.4) is 0 Å². The van der Waals surface area contributed by atoms with Crippen molar-refractivity contribution in [1.82, 2.24) is 20.3 Å². The minimum absolute atomic E-state index is 0.0800. The predicted molar refractivity (Wildman–Crippen MR) is 98.7 cm³/mol. The van der Waals surface area contributed by atoms with Crippen LogP contribution >= 0.6 is 0 Å². The van der Waals surface area contributed by atoms with Crippen molar-refractivity contribution in [1.29, 1.82) is 0 Å². The van der Waals surface area contributed by atoms with Crippen LogP contribution in [0.2, 0.25) is 0 Å². The average molecular weight is 390 g/mol. The van der Waals surface area contributed by atoms with Crippen molar-refractivity contribution in [2.45, 2.75) is 26.6 Å². The number of nitrogens with zero attached hydrogens (tertiary/aromatic N) is 2. The summed E-state index contributed by atoms with van der Waals surface area (Å²) < 4.78 is 39.8. The lowest BCUT2D eigenvalue weighted by Crippen LogP contribution is -2.12. The van der Waals surface area contributed by atoms with Crippen molar-refractivity contribution in [3.05, 3.63) is 40.6 Å². The van der Waals surface area contributed by atoms with Gasteiger partial charge in [0.25, 0.3) is 5.91 Å². The van der Waals surface area contributed by atoms with Crippen LogP contribution in [0.5, 0.6) is 0 Å². The van der Waals surface area contributed by atoms with Gasteiger partial charge < -0.3 is 20.9 Å². The van der Waals surface area contributed by atoms with E-state index in [1.807, 2.05) is 13.0 Å². The Morgan fingerprint density at radius 2 is 2.04 bits per heavy atom. The van der Waals surface area contributed by atoms with Crippen LogP contribution < -0.4 is 16.0 Å². The van der Waals surface area contributed by atoms with Gasteiger partial charge in [0.2, 0.25) is 5.95 Å². The summed E-state index contributed by atoms with van der Waals surface area (Å²) >= 11 is 0. The molecule has 3 heterocycles. The zero-order valence-corrected chi connectivity index (χ0v) is 15.1. The number of H-pyrrole nitrogens is 1. The second kappa shape index (κ2) is 6.39. The minimum Gasteiger partial charge on any atom is -0.370 e. The van der Waals surface area contributed by atoms with Crippen molar-refractivity contribution < 1.29 is 18.0 Å². The van der Waals surface area contributed by atoms with Gasteiger partial charge in [0, 0.05) is 30.5 Å². The Kier molecular flexibility index (Phi) is 4.13. The quantitative estimate of drug-likeness (QED) is 0.545. The topological polar surface area (TPSA) is 94.7 Å². The molecule has 1 aliphatic heterocycles. The van der Waals surface area contributed by atoms with Crippen LogP contribution in [0.15, 0.2) is 18.3 Å². The highest BCUT2D eigenvalue weighted by Gasteiger charge is 2.35. The molecule has 28 heavy (non-hydrogen) atoms. The second-order valence-corrected chi connectivity index (χ2v) is 6.48. The first-order valence-electron chi connectivity index (χ1n) is 8.67. The summed E-state index contributed by atoms with van der Waals surface area (Å²) in [4.78, 5) is 22.8. The molecule has 0 saturated heterocycles. The molecule has 0 spiro atoms. The summed E-state index contributed by atoms with van der Waals surface area (Å²) in [7, 11) is 0. The average Bonchev–Trinajstić information content (AvgIpc) is 3.20.